The first-order chi connectivity index (χ1) is 18.5. The molecule has 3 aromatic rings. The molecule has 0 atom stereocenters. The van der Waals surface area contributed by atoms with Crippen molar-refractivity contribution in [3.8, 4) is 0 Å². The third-order valence-corrected chi connectivity index (χ3v) is 8.77. The zero-order valence-electron chi connectivity index (χ0n) is 25.1. The molecule has 0 aliphatic heterocycles. The van der Waals surface area contributed by atoms with Gasteiger partial charge >= 0.3 is 0 Å². The second-order valence-corrected chi connectivity index (χ2v) is 11.9. The predicted molar refractivity (Wildman–Crippen MR) is 172 cm³/mol. The van der Waals surface area contributed by atoms with Crippen molar-refractivity contribution in [3.63, 3.8) is 0 Å². The molecule has 0 aliphatic carbocycles. The molecule has 1 aromatic heterocycles. The van der Waals surface area contributed by atoms with Gasteiger partial charge < -0.3 is 9.80 Å². The molecule has 0 saturated heterocycles. The summed E-state index contributed by atoms with van der Waals surface area (Å²) >= 11 is 1.89. The lowest BCUT2D eigenvalue weighted by Gasteiger charge is -2.29. The van der Waals surface area contributed by atoms with E-state index in [0.29, 0.717) is 0 Å². The Bertz CT molecular complexity index is 986. The van der Waals surface area contributed by atoms with E-state index in [1.807, 2.05) is 11.3 Å². The minimum absolute atomic E-state index is 0.258. The van der Waals surface area contributed by atoms with Crippen molar-refractivity contribution >= 4 is 22.7 Å². The van der Waals surface area contributed by atoms with Crippen molar-refractivity contribution < 1.29 is 0 Å². The third-order valence-electron chi connectivity index (χ3n) is 7.83. The predicted octanol–water partition coefficient (Wildman–Crippen LogP) is 10.4. The van der Waals surface area contributed by atoms with Crippen LogP contribution >= 0.6 is 11.3 Å². The molecule has 0 bridgehead atoms. The van der Waals surface area contributed by atoms with Crippen LogP contribution in [-0.4, -0.2) is 26.2 Å². The first-order valence-electron chi connectivity index (χ1n) is 15.3. The quantitative estimate of drug-likeness (QED) is 0.171. The van der Waals surface area contributed by atoms with E-state index in [0.717, 1.165) is 26.2 Å². The SMILES string of the molecule is CCCCN(CCCC)c1ccc(C)c(C(c2cccs2)c2cc(N(CCCC)CCCC)ccc2C)c1. The van der Waals surface area contributed by atoms with Crippen molar-refractivity contribution in [2.75, 3.05) is 36.0 Å². The topological polar surface area (TPSA) is 6.48 Å². The van der Waals surface area contributed by atoms with Crippen LogP contribution in [-0.2, 0) is 0 Å². The fourth-order valence-corrected chi connectivity index (χ4v) is 6.20. The molecule has 0 amide bonds. The molecule has 2 nitrogen and oxygen atoms in total. The maximum Gasteiger partial charge on any atom is 0.0440 e. The van der Waals surface area contributed by atoms with Crippen molar-refractivity contribution in [1.29, 1.82) is 0 Å². The molecule has 2 aromatic carbocycles. The highest BCUT2D eigenvalue weighted by atomic mass is 32.1. The van der Waals surface area contributed by atoms with Gasteiger partial charge in [-0.05, 0) is 97.5 Å². The van der Waals surface area contributed by atoms with E-state index in [2.05, 4.69) is 105 Å². The first-order valence-corrected chi connectivity index (χ1v) is 16.2. The minimum atomic E-state index is 0.258. The average molecular weight is 533 g/mol. The van der Waals surface area contributed by atoms with Crippen LogP contribution in [0, 0.1) is 13.8 Å². The van der Waals surface area contributed by atoms with E-state index in [1.165, 1.54) is 89.9 Å². The number of benzene rings is 2. The number of hydrogen-bond donors (Lipinski definition) is 0. The summed E-state index contributed by atoms with van der Waals surface area (Å²) < 4.78 is 0. The number of unbranched alkanes of at least 4 members (excludes halogenated alkanes) is 4. The Morgan fingerprint density at radius 1 is 0.605 bits per heavy atom. The summed E-state index contributed by atoms with van der Waals surface area (Å²) in [6.45, 7) is 18.4. The summed E-state index contributed by atoms with van der Waals surface area (Å²) in [4.78, 5) is 6.69. The maximum atomic E-state index is 2.63. The molecule has 3 heteroatoms. The Kier molecular flexibility index (Phi) is 12.7. The van der Waals surface area contributed by atoms with Crippen LogP contribution in [0.25, 0.3) is 0 Å². The smallest absolute Gasteiger partial charge is 0.0440 e. The van der Waals surface area contributed by atoms with Crippen molar-refractivity contribution in [3.05, 3.63) is 81.0 Å². The molecule has 38 heavy (non-hydrogen) atoms. The third kappa shape index (κ3) is 8.12. The van der Waals surface area contributed by atoms with Crippen LogP contribution in [0.2, 0.25) is 0 Å². The molecule has 3 rings (SSSR count). The number of aryl methyl sites for hydroxylation is 2. The Balaban J connectivity index is 2.10. The van der Waals surface area contributed by atoms with Gasteiger partial charge in [-0.15, -0.1) is 11.3 Å². The Hall–Kier alpha value is -2.26. The maximum absolute atomic E-state index is 2.63. The lowest BCUT2D eigenvalue weighted by Crippen LogP contribution is -2.26. The Morgan fingerprint density at radius 3 is 1.37 bits per heavy atom. The van der Waals surface area contributed by atoms with E-state index in [-0.39, 0.29) is 5.92 Å². The van der Waals surface area contributed by atoms with Crippen LogP contribution < -0.4 is 9.80 Å². The van der Waals surface area contributed by atoms with Crippen LogP contribution in [0.5, 0.6) is 0 Å². The fraction of sp³-hybridized carbons (Fsp3) is 0.543. The zero-order valence-corrected chi connectivity index (χ0v) is 25.9. The monoisotopic (exact) mass is 532 g/mol. The van der Waals surface area contributed by atoms with Crippen molar-refractivity contribution in [2.24, 2.45) is 0 Å². The lowest BCUT2D eigenvalue weighted by atomic mass is 9.84. The highest BCUT2D eigenvalue weighted by Crippen LogP contribution is 2.40. The fourth-order valence-electron chi connectivity index (χ4n) is 5.34. The average Bonchev–Trinajstić information content (AvgIpc) is 3.46. The number of hydrogen-bond acceptors (Lipinski definition) is 3. The number of anilines is 2. The van der Waals surface area contributed by atoms with Gasteiger partial charge in [0, 0.05) is 48.3 Å². The first kappa shape index (κ1) is 30.3. The van der Waals surface area contributed by atoms with Gasteiger partial charge in [0.25, 0.3) is 0 Å². The lowest BCUT2D eigenvalue weighted by molar-refractivity contribution is 0.677. The molecule has 0 saturated carbocycles. The molecule has 0 unspecified atom stereocenters. The summed E-state index contributed by atoms with van der Waals surface area (Å²) in [7, 11) is 0. The highest BCUT2D eigenvalue weighted by molar-refractivity contribution is 7.10. The second kappa shape index (κ2) is 16.0. The van der Waals surface area contributed by atoms with E-state index >= 15 is 0 Å². The highest BCUT2D eigenvalue weighted by Gasteiger charge is 2.24. The number of nitrogens with zero attached hydrogens (tertiary/aromatic N) is 2. The molecular weight excluding hydrogens is 480 g/mol. The Labute approximate surface area is 238 Å². The normalized spacial score (nSPS) is 11.3. The number of rotatable bonds is 17. The summed E-state index contributed by atoms with van der Waals surface area (Å²) in [6, 6.07) is 19.0. The van der Waals surface area contributed by atoms with Gasteiger partial charge in [-0.2, -0.15) is 0 Å². The molecule has 0 radical (unpaired) electrons. The molecule has 0 aliphatic rings. The molecule has 0 fully saturated rings. The van der Waals surface area contributed by atoms with Gasteiger partial charge in [-0.1, -0.05) is 71.6 Å². The van der Waals surface area contributed by atoms with Crippen LogP contribution in [0.1, 0.15) is 112 Å². The summed E-state index contributed by atoms with van der Waals surface area (Å²) in [5.74, 6) is 0.258. The van der Waals surface area contributed by atoms with Gasteiger partial charge in [0.15, 0.2) is 0 Å². The molecular formula is C35H52N2S. The van der Waals surface area contributed by atoms with E-state index in [9.17, 15) is 0 Å². The van der Waals surface area contributed by atoms with Gasteiger partial charge in [-0.25, -0.2) is 0 Å². The minimum Gasteiger partial charge on any atom is -0.372 e. The molecule has 0 N–H and O–H groups in total. The van der Waals surface area contributed by atoms with Crippen LogP contribution in [0.4, 0.5) is 11.4 Å². The van der Waals surface area contributed by atoms with E-state index in [4.69, 9.17) is 0 Å². The van der Waals surface area contributed by atoms with E-state index < -0.39 is 0 Å². The molecule has 0 spiro atoms. The summed E-state index contributed by atoms with van der Waals surface area (Å²) in [6.07, 6.45) is 9.91. The van der Waals surface area contributed by atoms with Gasteiger partial charge in [0.2, 0.25) is 0 Å². The van der Waals surface area contributed by atoms with Crippen molar-refractivity contribution in [2.45, 2.75) is 98.8 Å². The Morgan fingerprint density at radius 2 is 1.03 bits per heavy atom. The summed E-state index contributed by atoms with van der Waals surface area (Å²) in [5, 5.41) is 2.24. The molecule has 208 valence electrons. The van der Waals surface area contributed by atoms with Crippen LogP contribution in [0.15, 0.2) is 53.9 Å². The largest absolute Gasteiger partial charge is 0.372 e. The number of thiophene rings is 1. The van der Waals surface area contributed by atoms with E-state index in [1.54, 1.807) is 0 Å². The van der Waals surface area contributed by atoms with Gasteiger partial charge in [-0.3, -0.25) is 0 Å². The standard InChI is InChI=1S/C35H52N2S/c1-7-11-21-36(22-12-8-2)30-19-17-28(5)32(26-30)35(34-16-15-25-38-34)33-27-31(20-18-29(33)6)37(23-13-9-3)24-14-10-4/h15-20,25-27,35H,7-14,21-24H2,1-6H3. The van der Waals surface area contributed by atoms with Gasteiger partial charge in [0.05, 0.1) is 0 Å². The van der Waals surface area contributed by atoms with Gasteiger partial charge in [0.1, 0.15) is 0 Å². The van der Waals surface area contributed by atoms with Crippen molar-refractivity contribution in [1.82, 2.24) is 0 Å². The second-order valence-electron chi connectivity index (χ2n) is 10.9. The molecule has 1 heterocycles. The zero-order chi connectivity index (χ0) is 27.3. The van der Waals surface area contributed by atoms with Crippen LogP contribution in [0.3, 0.4) is 0 Å². The summed E-state index contributed by atoms with van der Waals surface area (Å²) in [5.41, 5.74) is 8.45.